The Balaban J connectivity index is 1.51. The van der Waals surface area contributed by atoms with Gasteiger partial charge in [-0.25, -0.2) is 4.79 Å². The number of amides is 1. The van der Waals surface area contributed by atoms with Crippen LogP contribution in [-0.4, -0.2) is 29.6 Å². The predicted molar refractivity (Wildman–Crippen MR) is 80.2 cm³/mol. The monoisotopic (exact) mass is 301 g/mol. The average Bonchev–Trinajstić information content (AvgIpc) is 2.74. The van der Waals surface area contributed by atoms with Gasteiger partial charge in [-0.2, -0.15) is 0 Å². The van der Waals surface area contributed by atoms with E-state index >= 15 is 0 Å². The minimum Gasteiger partial charge on any atom is -0.445 e. The van der Waals surface area contributed by atoms with E-state index < -0.39 is 17.3 Å². The smallest absolute Gasteiger partial charge is 0.407 e. The van der Waals surface area contributed by atoms with Crippen LogP contribution in [0.4, 0.5) is 4.79 Å². The second kappa shape index (κ2) is 5.57. The number of hydrogen-bond donors (Lipinski definition) is 1. The molecule has 116 valence electrons. The lowest BCUT2D eigenvalue weighted by Crippen LogP contribution is -2.50. The summed E-state index contributed by atoms with van der Waals surface area (Å²) in [5.41, 5.74) is -0.339. The number of ether oxygens (including phenoxy) is 2. The summed E-state index contributed by atoms with van der Waals surface area (Å²) in [5.74, 6) is 0.151. The molecule has 2 atom stereocenters. The van der Waals surface area contributed by atoms with Crippen molar-refractivity contribution in [1.82, 2.24) is 5.32 Å². The zero-order valence-corrected chi connectivity index (χ0v) is 12.5. The molecule has 2 bridgehead atoms. The van der Waals surface area contributed by atoms with Crippen LogP contribution in [0, 0.1) is 0 Å². The molecule has 1 amide bonds. The maximum Gasteiger partial charge on any atom is 0.407 e. The number of carbonyl (C=O) groups is 2. The molecular weight excluding hydrogens is 282 g/mol. The van der Waals surface area contributed by atoms with Crippen LogP contribution >= 0.6 is 0 Å². The zero-order chi connectivity index (χ0) is 15.6. The highest BCUT2D eigenvalue weighted by Gasteiger charge is 2.49. The van der Waals surface area contributed by atoms with Crippen molar-refractivity contribution < 1.29 is 19.1 Å². The Morgan fingerprint density at radius 1 is 1.27 bits per heavy atom. The molecule has 2 aliphatic rings. The van der Waals surface area contributed by atoms with Crippen LogP contribution in [0.1, 0.15) is 25.3 Å². The lowest BCUT2D eigenvalue weighted by Gasteiger charge is -2.37. The molecule has 1 aromatic carbocycles. The predicted octanol–water partition coefficient (Wildman–Crippen LogP) is 2.36. The standard InChI is InChI=1S/C17H19NO4/c1-16-7-8-17(22-16,10-14(19)9-16)12-18-15(20)21-11-13-5-3-2-4-6-13/h2-8H,9-12H2,1H3,(H,18,20)/t16-,17-/m0/s1. The van der Waals surface area contributed by atoms with Crippen LogP contribution in [0.3, 0.4) is 0 Å². The van der Waals surface area contributed by atoms with Gasteiger partial charge in [-0.15, -0.1) is 0 Å². The van der Waals surface area contributed by atoms with Crippen LogP contribution in [0.2, 0.25) is 0 Å². The Kier molecular flexibility index (Phi) is 3.74. The van der Waals surface area contributed by atoms with Crippen molar-refractivity contribution in [2.45, 2.75) is 37.6 Å². The summed E-state index contributed by atoms with van der Waals surface area (Å²) in [4.78, 5) is 23.6. The fourth-order valence-corrected chi connectivity index (χ4v) is 2.99. The van der Waals surface area contributed by atoms with Crippen molar-refractivity contribution in [2.24, 2.45) is 0 Å². The van der Waals surface area contributed by atoms with Crippen LogP contribution < -0.4 is 5.32 Å². The number of Topliss-reactive ketones (excluding diaryl/α,β-unsaturated/α-hetero) is 1. The molecule has 0 radical (unpaired) electrons. The minimum atomic E-state index is -0.726. The average molecular weight is 301 g/mol. The zero-order valence-electron chi connectivity index (χ0n) is 12.5. The number of fused-ring (bicyclic) bond motifs is 2. The Hall–Kier alpha value is -2.14. The van der Waals surface area contributed by atoms with Gasteiger partial charge < -0.3 is 14.8 Å². The molecular formula is C17H19NO4. The van der Waals surface area contributed by atoms with E-state index in [2.05, 4.69) is 5.32 Å². The van der Waals surface area contributed by atoms with Gasteiger partial charge in [0.25, 0.3) is 0 Å². The van der Waals surface area contributed by atoms with Gasteiger partial charge in [0.1, 0.15) is 18.0 Å². The first-order chi connectivity index (χ1) is 10.5. The van der Waals surface area contributed by atoms with E-state index in [0.717, 1.165) is 5.56 Å². The Labute approximate surface area is 129 Å². The van der Waals surface area contributed by atoms with Crippen molar-refractivity contribution in [3.63, 3.8) is 0 Å². The molecule has 1 saturated heterocycles. The molecule has 5 heteroatoms. The van der Waals surface area contributed by atoms with Crippen LogP contribution in [0.25, 0.3) is 0 Å². The van der Waals surface area contributed by atoms with Crippen LogP contribution in [0.15, 0.2) is 42.5 Å². The fourth-order valence-electron chi connectivity index (χ4n) is 2.99. The SMILES string of the molecule is C[C@]12C=C[C@@](CNC(=O)OCc3ccccc3)(CC(=O)C1)O2. The molecule has 2 aliphatic heterocycles. The molecule has 0 aliphatic carbocycles. The van der Waals surface area contributed by atoms with Gasteiger partial charge in [0, 0.05) is 12.8 Å². The van der Waals surface area contributed by atoms with Crippen molar-refractivity contribution >= 4 is 11.9 Å². The first kappa shape index (κ1) is 14.8. The summed E-state index contributed by atoms with van der Waals surface area (Å²) in [6.07, 6.45) is 3.97. The van der Waals surface area contributed by atoms with Crippen molar-refractivity contribution in [1.29, 1.82) is 0 Å². The first-order valence-electron chi connectivity index (χ1n) is 7.36. The highest BCUT2D eigenvalue weighted by Crippen LogP contribution is 2.40. The molecule has 0 aromatic heterocycles. The normalized spacial score (nSPS) is 29.4. The number of nitrogens with one attached hydrogen (secondary N) is 1. The van der Waals surface area contributed by atoms with Crippen molar-refractivity contribution in [2.75, 3.05) is 6.54 Å². The second-order valence-corrected chi connectivity index (χ2v) is 6.12. The summed E-state index contributed by atoms with van der Waals surface area (Å²) in [6, 6.07) is 9.46. The molecule has 0 saturated carbocycles. The van der Waals surface area contributed by atoms with Gasteiger partial charge in [0.15, 0.2) is 0 Å². The molecule has 1 aromatic rings. The summed E-state index contributed by atoms with van der Waals surface area (Å²) in [5, 5.41) is 2.69. The number of alkyl carbamates (subject to hydrolysis) is 1. The summed E-state index contributed by atoms with van der Waals surface area (Å²) in [6.45, 7) is 2.33. The number of benzene rings is 1. The van der Waals surface area contributed by atoms with Gasteiger partial charge in [-0.05, 0) is 12.5 Å². The van der Waals surface area contributed by atoms with E-state index in [1.165, 1.54) is 0 Å². The van der Waals surface area contributed by atoms with E-state index in [9.17, 15) is 9.59 Å². The molecule has 1 fully saturated rings. The van der Waals surface area contributed by atoms with Gasteiger partial charge in [0.2, 0.25) is 0 Å². The molecule has 3 rings (SSSR count). The third-order valence-corrected chi connectivity index (χ3v) is 3.97. The lowest BCUT2D eigenvalue weighted by molar-refractivity contribution is -0.150. The van der Waals surface area contributed by atoms with E-state index in [1.54, 1.807) is 0 Å². The highest BCUT2D eigenvalue weighted by atomic mass is 16.6. The molecule has 5 nitrogen and oxygen atoms in total. The fraction of sp³-hybridized carbons (Fsp3) is 0.412. The number of carbonyl (C=O) groups excluding carboxylic acids is 2. The maximum absolute atomic E-state index is 11.8. The number of ketones is 1. The number of hydrogen-bond acceptors (Lipinski definition) is 4. The van der Waals surface area contributed by atoms with Crippen LogP contribution in [0.5, 0.6) is 0 Å². The van der Waals surface area contributed by atoms with E-state index in [-0.39, 0.29) is 25.4 Å². The summed E-state index contributed by atoms with van der Waals surface area (Å²) >= 11 is 0. The van der Waals surface area contributed by atoms with E-state index in [1.807, 2.05) is 49.4 Å². The summed E-state index contributed by atoms with van der Waals surface area (Å²) in [7, 11) is 0. The molecule has 22 heavy (non-hydrogen) atoms. The van der Waals surface area contributed by atoms with Gasteiger partial charge >= 0.3 is 6.09 Å². The molecule has 0 spiro atoms. The quantitative estimate of drug-likeness (QED) is 0.867. The largest absolute Gasteiger partial charge is 0.445 e. The van der Waals surface area contributed by atoms with Gasteiger partial charge in [-0.3, -0.25) is 4.79 Å². The third kappa shape index (κ3) is 3.20. The lowest BCUT2D eigenvalue weighted by atomic mass is 9.91. The Bertz CT molecular complexity index is 612. The second-order valence-electron chi connectivity index (χ2n) is 6.12. The Morgan fingerprint density at radius 2 is 2.05 bits per heavy atom. The topological polar surface area (TPSA) is 64.6 Å². The van der Waals surface area contributed by atoms with E-state index in [4.69, 9.17) is 9.47 Å². The summed E-state index contributed by atoms with van der Waals surface area (Å²) < 4.78 is 11.1. The first-order valence-corrected chi connectivity index (χ1v) is 7.36. The molecule has 2 heterocycles. The number of rotatable bonds is 4. The highest BCUT2D eigenvalue weighted by molar-refractivity contribution is 5.83. The van der Waals surface area contributed by atoms with Crippen molar-refractivity contribution in [3.8, 4) is 0 Å². The maximum atomic E-state index is 11.8. The van der Waals surface area contributed by atoms with Crippen molar-refractivity contribution in [3.05, 3.63) is 48.0 Å². The van der Waals surface area contributed by atoms with Gasteiger partial charge in [-0.1, -0.05) is 42.5 Å². The molecule has 0 unspecified atom stereocenters. The van der Waals surface area contributed by atoms with E-state index in [0.29, 0.717) is 6.42 Å². The van der Waals surface area contributed by atoms with Gasteiger partial charge in [0.05, 0.1) is 12.1 Å². The third-order valence-electron chi connectivity index (χ3n) is 3.97. The molecule has 1 N–H and O–H groups in total. The van der Waals surface area contributed by atoms with Crippen LogP contribution in [-0.2, 0) is 20.9 Å². The minimum absolute atomic E-state index is 0.151. The Morgan fingerprint density at radius 3 is 2.82 bits per heavy atom.